The Labute approximate surface area is 117 Å². The van der Waals surface area contributed by atoms with Crippen LogP contribution in [-0.2, 0) is 0 Å². The highest BCUT2D eigenvalue weighted by Gasteiger charge is 2.15. The van der Waals surface area contributed by atoms with Gasteiger partial charge < -0.3 is 15.2 Å². The van der Waals surface area contributed by atoms with Gasteiger partial charge in [0.1, 0.15) is 11.6 Å². The van der Waals surface area contributed by atoms with Crippen molar-refractivity contribution in [3.63, 3.8) is 0 Å². The minimum atomic E-state index is -3.19. The number of benzene rings is 2. The molecular weight excluding hydrogens is 290 g/mol. The molecule has 21 heavy (non-hydrogen) atoms. The summed E-state index contributed by atoms with van der Waals surface area (Å²) in [7, 11) is 0. The quantitative estimate of drug-likeness (QED) is 0.678. The summed E-state index contributed by atoms with van der Waals surface area (Å²) in [4.78, 5) is 0. The molecule has 0 aliphatic carbocycles. The number of hydrogen-bond donors (Lipinski definition) is 1. The Kier molecular flexibility index (Phi) is 4.21. The van der Waals surface area contributed by atoms with Crippen LogP contribution in [0.25, 0.3) is 0 Å². The van der Waals surface area contributed by atoms with E-state index in [9.17, 15) is 17.6 Å². The second-order valence-corrected chi connectivity index (χ2v) is 4.21. The summed E-state index contributed by atoms with van der Waals surface area (Å²) in [5, 5.41) is 0. The van der Waals surface area contributed by atoms with Crippen LogP contribution < -0.4 is 15.2 Å². The maximum Gasteiger partial charge on any atom is 0.387 e. The number of nitrogens with two attached hydrogens (primary N) is 1. The van der Waals surface area contributed by atoms with E-state index in [4.69, 9.17) is 10.5 Å². The molecule has 112 valence electrons. The Morgan fingerprint density at radius 2 is 1.71 bits per heavy atom. The van der Waals surface area contributed by atoms with Crippen molar-refractivity contribution in [2.75, 3.05) is 5.73 Å². The molecule has 0 saturated heterocycles. The van der Waals surface area contributed by atoms with Crippen LogP contribution in [0, 0.1) is 18.6 Å². The zero-order chi connectivity index (χ0) is 15.6. The standard InChI is InChI=1S/C14H11F4NO2/c1-7-2-3-8(15)4-11(7)20-13-6-12(21-14(17)18)9(16)5-10(13)19/h2-6,14H,19H2,1H3. The predicted octanol–water partition coefficient (Wildman–Crippen LogP) is 4.25. The van der Waals surface area contributed by atoms with Crippen molar-refractivity contribution in [1.29, 1.82) is 0 Å². The highest BCUT2D eigenvalue weighted by molar-refractivity contribution is 5.58. The third-order valence-corrected chi connectivity index (χ3v) is 2.65. The third kappa shape index (κ3) is 3.56. The molecule has 0 aliphatic heterocycles. The number of alkyl halides is 2. The van der Waals surface area contributed by atoms with Crippen LogP contribution in [0.5, 0.6) is 17.2 Å². The molecule has 0 bridgehead atoms. The number of halogens is 4. The first kappa shape index (κ1) is 15.0. The lowest BCUT2D eigenvalue weighted by atomic mass is 10.2. The van der Waals surface area contributed by atoms with Crippen LogP contribution in [0.2, 0.25) is 0 Å². The molecular formula is C14H11F4NO2. The second-order valence-electron chi connectivity index (χ2n) is 4.21. The van der Waals surface area contributed by atoms with Crippen LogP contribution in [0.4, 0.5) is 23.2 Å². The lowest BCUT2D eigenvalue weighted by Crippen LogP contribution is -2.05. The minimum absolute atomic E-state index is 0.110. The zero-order valence-corrected chi connectivity index (χ0v) is 10.9. The van der Waals surface area contributed by atoms with E-state index in [1.807, 2.05) is 0 Å². The predicted molar refractivity (Wildman–Crippen MR) is 68.7 cm³/mol. The molecule has 0 fully saturated rings. The van der Waals surface area contributed by atoms with E-state index in [0.717, 1.165) is 18.2 Å². The molecule has 0 atom stereocenters. The number of ether oxygens (including phenoxy) is 2. The van der Waals surface area contributed by atoms with Gasteiger partial charge in [0.25, 0.3) is 0 Å². The van der Waals surface area contributed by atoms with Crippen molar-refractivity contribution in [3.05, 3.63) is 47.5 Å². The number of anilines is 1. The van der Waals surface area contributed by atoms with E-state index in [1.54, 1.807) is 6.92 Å². The Morgan fingerprint density at radius 1 is 1.00 bits per heavy atom. The van der Waals surface area contributed by atoms with E-state index in [-0.39, 0.29) is 17.2 Å². The minimum Gasteiger partial charge on any atom is -0.455 e. The van der Waals surface area contributed by atoms with E-state index in [1.165, 1.54) is 12.1 Å². The van der Waals surface area contributed by atoms with Gasteiger partial charge in [0.05, 0.1) is 5.69 Å². The molecule has 3 nitrogen and oxygen atoms in total. The van der Waals surface area contributed by atoms with Crippen molar-refractivity contribution < 1.29 is 27.0 Å². The van der Waals surface area contributed by atoms with E-state index < -0.39 is 24.0 Å². The average Bonchev–Trinajstić information content (AvgIpc) is 2.39. The van der Waals surface area contributed by atoms with Gasteiger partial charge in [-0.1, -0.05) is 6.07 Å². The largest absolute Gasteiger partial charge is 0.455 e. The Hall–Kier alpha value is -2.44. The molecule has 0 heterocycles. The molecule has 2 N–H and O–H groups in total. The van der Waals surface area contributed by atoms with Crippen molar-refractivity contribution in [2.24, 2.45) is 0 Å². The first-order chi connectivity index (χ1) is 9.86. The molecule has 0 amide bonds. The fraction of sp³-hybridized carbons (Fsp3) is 0.143. The van der Waals surface area contributed by atoms with Crippen molar-refractivity contribution in [1.82, 2.24) is 0 Å². The summed E-state index contributed by atoms with van der Waals surface area (Å²) in [6.45, 7) is -1.53. The smallest absolute Gasteiger partial charge is 0.387 e. The summed E-state index contributed by atoms with van der Waals surface area (Å²) in [6, 6.07) is 5.50. The maximum atomic E-state index is 13.4. The molecule has 0 saturated carbocycles. The molecule has 0 spiro atoms. The van der Waals surface area contributed by atoms with E-state index in [2.05, 4.69) is 4.74 Å². The Balaban J connectivity index is 2.37. The van der Waals surface area contributed by atoms with Crippen LogP contribution in [0.15, 0.2) is 30.3 Å². The topological polar surface area (TPSA) is 44.5 Å². The molecule has 2 aromatic rings. The summed E-state index contributed by atoms with van der Waals surface area (Å²) in [5.74, 6) is -2.27. The summed E-state index contributed by atoms with van der Waals surface area (Å²) in [5.41, 5.74) is 6.02. The van der Waals surface area contributed by atoms with Crippen LogP contribution in [0.3, 0.4) is 0 Å². The molecule has 7 heteroatoms. The maximum absolute atomic E-state index is 13.4. The molecule has 2 aromatic carbocycles. The number of nitrogen functional groups attached to an aromatic ring is 1. The van der Waals surface area contributed by atoms with Gasteiger partial charge in [-0.05, 0) is 18.6 Å². The fourth-order valence-electron chi connectivity index (χ4n) is 1.63. The van der Waals surface area contributed by atoms with Crippen molar-refractivity contribution >= 4 is 5.69 Å². The molecule has 0 unspecified atom stereocenters. The van der Waals surface area contributed by atoms with Crippen LogP contribution in [0.1, 0.15) is 5.56 Å². The van der Waals surface area contributed by atoms with Gasteiger partial charge in [-0.25, -0.2) is 8.78 Å². The second kappa shape index (κ2) is 5.90. The van der Waals surface area contributed by atoms with Crippen LogP contribution >= 0.6 is 0 Å². The summed E-state index contributed by atoms with van der Waals surface area (Å²) < 4.78 is 60.3. The number of rotatable bonds is 4. The lowest BCUT2D eigenvalue weighted by Gasteiger charge is -2.13. The summed E-state index contributed by atoms with van der Waals surface area (Å²) >= 11 is 0. The average molecular weight is 301 g/mol. The van der Waals surface area contributed by atoms with Crippen LogP contribution in [-0.4, -0.2) is 6.61 Å². The number of aryl methyl sites for hydroxylation is 1. The monoisotopic (exact) mass is 301 g/mol. The first-order valence-corrected chi connectivity index (χ1v) is 5.84. The van der Waals surface area contributed by atoms with Crippen molar-refractivity contribution in [2.45, 2.75) is 13.5 Å². The zero-order valence-electron chi connectivity index (χ0n) is 10.9. The Bertz CT molecular complexity index is 662. The lowest BCUT2D eigenvalue weighted by molar-refractivity contribution is -0.0522. The number of hydrogen-bond acceptors (Lipinski definition) is 3. The van der Waals surface area contributed by atoms with E-state index in [0.29, 0.717) is 5.56 Å². The van der Waals surface area contributed by atoms with Gasteiger partial charge >= 0.3 is 6.61 Å². The van der Waals surface area contributed by atoms with Gasteiger partial charge in [0, 0.05) is 18.2 Å². The molecule has 2 rings (SSSR count). The normalized spacial score (nSPS) is 10.8. The Morgan fingerprint density at radius 3 is 2.38 bits per heavy atom. The third-order valence-electron chi connectivity index (χ3n) is 2.65. The molecule has 0 aliphatic rings. The SMILES string of the molecule is Cc1ccc(F)cc1Oc1cc(OC(F)F)c(F)cc1N. The first-order valence-electron chi connectivity index (χ1n) is 5.84. The van der Waals surface area contributed by atoms with E-state index >= 15 is 0 Å². The van der Waals surface area contributed by atoms with Gasteiger partial charge in [-0.2, -0.15) is 8.78 Å². The van der Waals surface area contributed by atoms with Gasteiger partial charge in [-0.3, -0.25) is 0 Å². The highest BCUT2D eigenvalue weighted by atomic mass is 19.3. The van der Waals surface area contributed by atoms with Gasteiger partial charge in [0.15, 0.2) is 17.3 Å². The van der Waals surface area contributed by atoms with Gasteiger partial charge in [-0.15, -0.1) is 0 Å². The summed E-state index contributed by atoms with van der Waals surface area (Å²) in [6.07, 6.45) is 0. The highest BCUT2D eigenvalue weighted by Crippen LogP contribution is 2.35. The molecule has 0 aromatic heterocycles. The van der Waals surface area contributed by atoms with Gasteiger partial charge in [0.2, 0.25) is 0 Å². The fourth-order valence-corrected chi connectivity index (χ4v) is 1.63. The molecule has 0 radical (unpaired) electrons. The van der Waals surface area contributed by atoms with Crippen molar-refractivity contribution in [3.8, 4) is 17.2 Å².